The first-order valence-electron chi connectivity index (χ1n) is 5.07. The van der Waals surface area contributed by atoms with E-state index >= 15 is 0 Å². The van der Waals surface area contributed by atoms with E-state index in [2.05, 4.69) is 31.4 Å². The molecule has 0 aliphatic carbocycles. The molecule has 0 fully saturated rings. The first-order chi connectivity index (χ1) is 8.10. The standard InChI is InChI=1S/C11H11BrClN3O/c1-6(14-2)10-15-16-11(17-10)7-3-8(12)5-9(13)4-7/h3-6,14H,1-2H3. The molecule has 6 heteroatoms. The van der Waals surface area contributed by atoms with Crippen molar-refractivity contribution in [1.29, 1.82) is 0 Å². The lowest BCUT2D eigenvalue weighted by atomic mass is 10.2. The van der Waals surface area contributed by atoms with Crippen molar-refractivity contribution >= 4 is 27.5 Å². The molecule has 2 rings (SSSR count). The van der Waals surface area contributed by atoms with E-state index in [0.717, 1.165) is 10.0 Å². The summed E-state index contributed by atoms with van der Waals surface area (Å²) in [7, 11) is 1.84. The van der Waals surface area contributed by atoms with Crippen LogP contribution in [0.5, 0.6) is 0 Å². The molecule has 4 nitrogen and oxygen atoms in total. The van der Waals surface area contributed by atoms with Gasteiger partial charge in [0.25, 0.3) is 0 Å². The molecule has 1 unspecified atom stereocenters. The Bertz CT molecular complexity index is 509. The number of halogens is 2. The maximum Gasteiger partial charge on any atom is 0.247 e. The van der Waals surface area contributed by atoms with Crippen molar-refractivity contribution in [3.8, 4) is 11.5 Å². The first-order valence-corrected chi connectivity index (χ1v) is 6.24. The maximum atomic E-state index is 5.96. The minimum atomic E-state index is 0.0267. The monoisotopic (exact) mass is 315 g/mol. The summed E-state index contributed by atoms with van der Waals surface area (Å²) in [6, 6.07) is 5.50. The van der Waals surface area contributed by atoms with Gasteiger partial charge in [-0.2, -0.15) is 0 Å². The second-order valence-corrected chi connectivity index (χ2v) is 4.97. The summed E-state index contributed by atoms with van der Waals surface area (Å²) in [6.45, 7) is 1.95. The normalized spacial score (nSPS) is 12.7. The third-order valence-electron chi connectivity index (χ3n) is 2.35. The van der Waals surface area contributed by atoms with Crippen LogP contribution in [-0.4, -0.2) is 17.2 Å². The molecule has 17 heavy (non-hydrogen) atoms. The summed E-state index contributed by atoms with van der Waals surface area (Å²) in [5.41, 5.74) is 0.798. The molecule has 0 saturated heterocycles. The van der Waals surface area contributed by atoms with E-state index in [1.165, 1.54) is 0 Å². The van der Waals surface area contributed by atoms with E-state index in [0.29, 0.717) is 16.8 Å². The Morgan fingerprint density at radius 2 is 2.12 bits per heavy atom. The molecule has 90 valence electrons. The fraction of sp³-hybridized carbons (Fsp3) is 0.273. The average molecular weight is 317 g/mol. The third kappa shape index (κ3) is 2.86. The quantitative estimate of drug-likeness (QED) is 0.942. The van der Waals surface area contributed by atoms with Crippen LogP contribution < -0.4 is 5.32 Å². The molecule has 0 aliphatic heterocycles. The van der Waals surface area contributed by atoms with E-state index in [-0.39, 0.29) is 6.04 Å². The van der Waals surface area contributed by atoms with Gasteiger partial charge in [0.05, 0.1) is 6.04 Å². The molecule has 0 aliphatic rings. The van der Waals surface area contributed by atoms with Gasteiger partial charge in [-0.3, -0.25) is 0 Å². The van der Waals surface area contributed by atoms with Crippen LogP contribution >= 0.6 is 27.5 Å². The van der Waals surface area contributed by atoms with E-state index < -0.39 is 0 Å². The topological polar surface area (TPSA) is 51.0 Å². The molecular formula is C11H11BrClN3O. The lowest BCUT2D eigenvalue weighted by Crippen LogP contribution is -2.12. The Hall–Kier alpha value is -0.910. The predicted octanol–water partition coefficient (Wildman–Crippen LogP) is 3.43. The highest BCUT2D eigenvalue weighted by molar-refractivity contribution is 9.10. The highest BCUT2D eigenvalue weighted by Crippen LogP contribution is 2.27. The second kappa shape index (κ2) is 5.16. The van der Waals surface area contributed by atoms with Crippen LogP contribution in [0, 0.1) is 0 Å². The van der Waals surface area contributed by atoms with Crippen LogP contribution in [-0.2, 0) is 0 Å². The van der Waals surface area contributed by atoms with Crippen molar-refractivity contribution in [3.63, 3.8) is 0 Å². The van der Waals surface area contributed by atoms with E-state index in [9.17, 15) is 0 Å². The summed E-state index contributed by atoms with van der Waals surface area (Å²) in [5.74, 6) is 1.02. The van der Waals surface area contributed by atoms with Gasteiger partial charge in [-0.1, -0.05) is 27.5 Å². The van der Waals surface area contributed by atoms with Crippen molar-refractivity contribution in [2.45, 2.75) is 13.0 Å². The summed E-state index contributed by atoms with van der Waals surface area (Å²) < 4.78 is 6.44. The number of aromatic nitrogens is 2. The van der Waals surface area contributed by atoms with Gasteiger partial charge in [0.15, 0.2) is 0 Å². The van der Waals surface area contributed by atoms with Crippen LogP contribution in [0.15, 0.2) is 27.1 Å². The predicted molar refractivity (Wildman–Crippen MR) is 69.9 cm³/mol. The zero-order valence-electron chi connectivity index (χ0n) is 9.37. The lowest BCUT2D eigenvalue weighted by Gasteiger charge is -2.02. The fourth-order valence-corrected chi connectivity index (χ4v) is 2.19. The lowest BCUT2D eigenvalue weighted by molar-refractivity contribution is 0.441. The molecule has 0 saturated carbocycles. The highest BCUT2D eigenvalue weighted by atomic mass is 79.9. The zero-order valence-corrected chi connectivity index (χ0v) is 11.7. The number of benzene rings is 1. The molecule has 0 bridgehead atoms. The molecule has 1 aromatic heterocycles. The fourth-order valence-electron chi connectivity index (χ4n) is 1.33. The van der Waals surface area contributed by atoms with Crippen LogP contribution in [0.3, 0.4) is 0 Å². The molecular weight excluding hydrogens is 305 g/mol. The van der Waals surface area contributed by atoms with Crippen molar-refractivity contribution in [2.75, 3.05) is 7.05 Å². The number of nitrogens with zero attached hydrogens (tertiary/aromatic N) is 2. The van der Waals surface area contributed by atoms with Crippen molar-refractivity contribution in [3.05, 3.63) is 33.6 Å². The van der Waals surface area contributed by atoms with E-state index in [4.69, 9.17) is 16.0 Å². The molecule has 1 heterocycles. The third-order valence-corrected chi connectivity index (χ3v) is 3.03. The Morgan fingerprint density at radius 3 is 2.76 bits per heavy atom. The molecule has 1 N–H and O–H groups in total. The molecule has 0 spiro atoms. The number of hydrogen-bond acceptors (Lipinski definition) is 4. The number of nitrogens with one attached hydrogen (secondary N) is 1. The first kappa shape index (κ1) is 12.5. The highest BCUT2D eigenvalue weighted by Gasteiger charge is 2.13. The maximum absolute atomic E-state index is 5.96. The van der Waals surface area contributed by atoms with Gasteiger partial charge in [0.2, 0.25) is 11.8 Å². The van der Waals surface area contributed by atoms with Crippen LogP contribution in [0.25, 0.3) is 11.5 Å². The van der Waals surface area contributed by atoms with Crippen molar-refractivity contribution in [1.82, 2.24) is 15.5 Å². The van der Waals surface area contributed by atoms with Gasteiger partial charge in [0, 0.05) is 15.1 Å². The minimum absolute atomic E-state index is 0.0267. The Morgan fingerprint density at radius 1 is 1.35 bits per heavy atom. The average Bonchev–Trinajstić information content (AvgIpc) is 2.76. The van der Waals surface area contributed by atoms with Crippen LogP contribution in [0.1, 0.15) is 18.9 Å². The van der Waals surface area contributed by atoms with Crippen LogP contribution in [0.4, 0.5) is 0 Å². The largest absolute Gasteiger partial charge is 0.419 e. The molecule has 0 amide bonds. The summed E-state index contributed by atoms with van der Waals surface area (Å²) >= 11 is 9.34. The molecule has 0 radical (unpaired) electrons. The molecule has 1 aromatic carbocycles. The zero-order chi connectivity index (χ0) is 12.4. The van der Waals surface area contributed by atoms with Gasteiger partial charge in [0.1, 0.15) is 0 Å². The number of rotatable bonds is 3. The van der Waals surface area contributed by atoms with Gasteiger partial charge in [-0.05, 0) is 32.2 Å². The summed E-state index contributed by atoms with van der Waals surface area (Å²) in [5, 5.41) is 11.6. The number of hydrogen-bond donors (Lipinski definition) is 1. The van der Waals surface area contributed by atoms with E-state index in [1.54, 1.807) is 12.1 Å². The minimum Gasteiger partial charge on any atom is -0.419 e. The van der Waals surface area contributed by atoms with Gasteiger partial charge in [-0.15, -0.1) is 10.2 Å². The van der Waals surface area contributed by atoms with E-state index in [1.807, 2.05) is 20.0 Å². The van der Waals surface area contributed by atoms with Crippen molar-refractivity contribution in [2.24, 2.45) is 0 Å². The Kier molecular flexibility index (Phi) is 3.81. The molecule has 2 aromatic rings. The van der Waals surface area contributed by atoms with Gasteiger partial charge < -0.3 is 9.73 Å². The Balaban J connectivity index is 2.36. The smallest absolute Gasteiger partial charge is 0.247 e. The van der Waals surface area contributed by atoms with Gasteiger partial charge in [-0.25, -0.2) is 0 Å². The summed E-state index contributed by atoms with van der Waals surface area (Å²) in [6.07, 6.45) is 0. The van der Waals surface area contributed by atoms with Crippen molar-refractivity contribution < 1.29 is 4.42 Å². The van der Waals surface area contributed by atoms with Gasteiger partial charge >= 0.3 is 0 Å². The summed E-state index contributed by atoms with van der Waals surface area (Å²) in [4.78, 5) is 0. The second-order valence-electron chi connectivity index (χ2n) is 3.61. The van der Waals surface area contributed by atoms with Crippen LogP contribution in [0.2, 0.25) is 5.02 Å². The SMILES string of the molecule is CNC(C)c1nnc(-c2cc(Cl)cc(Br)c2)o1. The molecule has 1 atom stereocenters. The Labute approximate surface area is 113 Å².